The lowest BCUT2D eigenvalue weighted by Gasteiger charge is -2.20. The number of benzene rings is 7. The Bertz CT molecular complexity index is 7850. The number of fused-ring (bicyclic) bond motifs is 5. The maximum Gasteiger partial charge on any atom is 0.268 e. The molecule has 34 heteroatoms. The molecular weight excluding hydrogens is 1850 g/mol. The van der Waals surface area contributed by atoms with E-state index >= 15 is 0 Å². The SMILES string of the molecule is CC(C)(C)c1ccc(-c2nc(CCCCOc3ccccc3)n3[nH]c(=O)cc3n2)cc1.CC(C)(C)c1ccc(-c2nc(NCCCn3ccncc3=O)n3[nH]c(=O)cc3n2)cc1.CCCCN(C)c1nc(-c2ccc(C(C)(C)C)cc2)nc2cc(=O)[nH]n12.CN(C)c1nc(-c2ccc(C(C)(C)C)cc2)nc2cc(=O)[nH]n12.Cc1cc(OCCC(C)Cc2nc(-c3ccc(C(C)(C)C)cc3)nc3cc(=O)[nH]n23)ccc1Cl. The maximum atomic E-state index is 12.0. The van der Waals surface area contributed by atoms with Crippen LogP contribution in [-0.4, -0.2) is 155 Å². The van der Waals surface area contributed by atoms with Gasteiger partial charge in [0.25, 0.3) is 33.4 Å². The molecule has 1 unspecified atom stereocenters. The van der Waals surface area contributed by atoms with Gasteiger partial charge in [-0.25, -0.2) is 57.5 Å². The maximum absolute atomic E-state index is 12.0. The van der Waals surface area contributed by atoms with Crippen molar-refractivity contribution in [2.24, 2.45) is 5.92 Å². The number of rotatable bonds is 27. The molecule has 33 nitrogen and oxygen atoms in total. The standard InChI is InChI=1S/C27H31ClN4O2.C25H28N4O2.C22H25N7O2.C20H27N5O.C17H21N5O/c1-17(12-13-34-21-10-11-22(28)18(2)15-21)14-23-29-26(30-24-16-25(33)31-32(23)24)19-6-8-20(9-7-19)27(3,4)5;1-25(2,3)19-14-12-18(13-15-19)24-26-21(29-22(27-24)17-23(30)28-29)11-7-8-16-31-20-9-5-4-6-10-20;1-22(2,3)16-7-5-15(6-8-16)20-25-17-13-18(30)27-29(17)21(26-20)24-9-4-11-28-12-10-23-14-19(28)31;1-6-7-12-24(5)19-22-18(21-16-13-17(26)23-25(16)19)14-8-10-15(11-9-14)20(2,3)4;1-17(2,3)12-8-6-11(7-9-12)15-18-13-10-14(23)20-22(13)16(19-15)21(4)5/h6-11,15-17H,12-14H2,1-5H3,(H,31,33);4-6,9-10,12-15,17H,7-8,11,16H2,1-3H3,(H,28,30);5-8,10,12-14H,4,9,11H2,1-3H3,(H,27,30)(H,24,25,26);8-11,13H,6-7,12H2,1-5H3,(H,23,26);6-10H,1-5H3,(H,20,23). The van der Waals surface area contributed by atoms with Crippen LogP contribution in [0.15, 0.2) is 248 Å². The molecule has 0 spiro atoms. The Morgan fingerprint density at radius 2 is 0.793 bits per heavy atom. The monoisotopic (exact) mass is 1980 g/mol. The number of unbranched alkanes of at least 4 members (excludes halogenated alkanes) is 2. The van der Waals surface area contributed by atoms with E-state index in [1.807, 2.05) is 130 Å². The van der Waals surface area contributed by atoms with Gasteiger partial charge in [-0.05, 0) is 136 Å². The van der Waals surface area contributed by atoms with Crippen LogP contribution in [0.1, 0.15) is 201 Å². The first kappa shape index (κ1) is 105. The third-order valence-electron chi connectivity index (χ3n) is 24.5. The highest BCUT2D eigenvalue weighted by Crippen LogP contribution is 2.34. The molecule has 18 rings (SSSR count). The first-order valence-electron chi connectivity index (χ1n) is 49.1. The molecule has 0 aliphatic carbocycles. The molecule has 0 aliphatic heterocycles. The van der Waals surface area contributed by atoms with Gasteiger partial charge in [-0.15, -0.1) is 0 Å². The van der Waals surface area contributed by atoms with Crippen LogP contribution in [0, 0.1) is 12.8 Å². The molecule has 1 atom stereocenters. The van der Waals surface area contributed by atoms with Gasteiger partial charge in [0.15, 0.2) is 57.4 Å². The fraction of sp³-hybridized carbons (Fsp3) is 0.360. The zero-order valence-electron chi connectivity index (χ0n) is 86.7. The van der Waals surface area contributed by atoms with E-state index in [1.165, 1.54) is 68.9 Å². The van der Waals surface area contributed by atoms with Crippen LogP contribution in [0.5, 0.6) is 11.5 Å². The molecule has 0 amide bonds. The average molecular weight is 1980 g/mol. The highest BCUT2D eigenvalue weighted by molar-refractivity contribution is 6.31. The van der Waals surface area contributed by atoms with Crippen molar-refractivity contribution in [1.82, 2.24) is 107 Å². The van der Waals surface area contributed by atoms with Crippen LogP contribution in [-0.2, 0) is 46.5 Å². The highest BCUT2D eigenvalue weighted by Gasteiger charge is 2.25. The van der Waals surface area contributed by atoms with Crippen LogP contribution in [0.3, 0.4) is 0 Å². The molecule has 7 aromatic carbocycles. The molecule has 756 valence electrons. The van der Waals surface area contributed by atoms with Crippen LogP contribution < -0.4 is 57.9 Å². The Morgan fingerprint density at radius 1 is 0.407 bits per heavy atom. The number of para-hydroxylation sites is 1. The molecule has 0 radical (unpaired) electrons. The fourth-order valence-corrected chi connectivity index (χ4v) is 16.1. The quantitative estimate of drug-likeness (QED) is 0.0260. The molecule has 145 heavy (non-hydrogen) atoms. The van der Waals surface area contributed by atoms with Crippen molar-refractivity contribution in [2.45, 2.75) is 210 Å². The van der Waals surface area contributed by atoms with E-state index in [4.69, 9.17) is 36.0 Å². The van der Waals surface area contributed by atoms with Gasteiger partial charge in [-0.1, -0.05) is 275 Å². The minimum Gasteiger partial charge on any atom is -0.494 e. The number of nitrogens with one attached hydrogen (secondary N) is 6. The minimum atomic E-state index is -0.249. The number of aromatic nitrogens is 22. The second kappa shape index (κ2) is 45.4. The van der Waals surface area contributed by atoms with E-state index in [9.17, 15) is 28.8 Å². The van der Waals surface area contributed by atoms with Crippen LogP contribution in [0.4, 0.5) is 17.8 Å². The summed E-state index contributed by atoms with van der Waals surface area (Å²) >= 11 is 6.09. The number of aromatic amines is 5. The van der Waals surface area contributed by atoms with E-state index in [0.29, 0.717) is 114 Å². The summed E-state index contributed by atoms with van der Waals surface area (Å²) < 4.78 is 21.5. The molecule has 18 aromatic rings. The van der Waals surface area contributed by atoms with Gasteiger partial charge >= 0.3 is 0 Å². The number of nitrogens with zero attached hydrogens (tertiary/aromatic N) is 19. The van der Waals surface area contributed by atoms with Gasteiger partial charge in [0.1, 0.15) is 23.1 Å². The molecule has 0 bridgehead atoms. The number of H-pyrrole nitrogens is 5. The first-order chi connectivity index (χ1) is 68.8. The summed E-state index contributed by atoms with van der Waals surface area (Å²) in [6.07, 6.45) is 11.4. The van der Waals surface area contributed by atoms with Crippen molar-refractivity contribution < 1.29 is 9.47 Å². The normalized spacial score (nSPS) is 12.0. The van der Waals surface area contributed by atoms with Crippen LogP contribution >= 0.6 is 11.6 Å². The molecule has 0 saturated heterocycles. The minimum absolute atomic E-state index is 0.0563. The Labute approximate surface area is 847 Å². The van der Waals surface area contributed by atoms with E-state index < -0.39 is 0 Å². The zero-order valence-corrected chi connectivity index (χ0v) is 87.5. The number of hydrogen-bond donors (Lipinski definition) is 6. The highest BCUT2D eigenvalue weighted by atomic mass is 35.5. The summed E-state index contributed by atoms with van der Waals surface area (Å²) in [5.74, 6) is 8.38. The first-order valence-corrected chi connectivity index (χ1v) is 49.4. The number of halogens is 1. The van der Waals surface area contributed by atoms with Crippen molar-refractivity contribution in [3.63, 3.8) is 0 Å². The summed E-state index contributed by atoms with van der Waals surface area (Å²) in [7, 11) is 5.75. The van der Waals surface area contributed by atoms with Crippen molar-refractivity contribution >= 4 is 57.7 Å². The number of hydrogen-bond acceptors (Lipinski definition) is 22. The number of aryl methyl sites for hydroxylation is 3. The number of ether oxygens (including phenoxy) is 2. The lowest BCUT2D eigenvalue weighted by molar-refractivity contribution is 0.282. The van der Waals surface area contributed by atoms with E-state index in [1.54, 1.807) is 35.0 Å². The second-order valence-corrected chi connectivity index (χ2v) is 42.1. The van der Waals surface area contributed by atoms with Gasteiger partial charge in [-0.2, -0.15) is 15.0 Å². The lowest BCUT2D eigenvalue weighted by Crippen LogP contribution is -2.23. The fourth-order valence-electron chi connectivity index (χ4n) is 15.9. The average Bonchev–Trinajstić information content (AvgIpc) is 1.67. The third-order valence-corrected chi connectivity index (χ3v) is 24.9. The summed E-state index contributed by atoms with van der Waals surface area (Å²) in [6.45, 7) is 42.2. The van der Waals surface area contributed by atoms with Gasteiger partial charge in [0, 0.05) is 129 Å². The van der Waals surface area contributed by atoms with Crippen molar-refractivity contribution in [1.29, 1.82) is 0 Å². The molecule has 0 fully saturated rings. The van der Waals surface area contributed by atoms with Crippen molar-refractivity contribution in [2.75, 3.05) is 62.6 Å². The Morgan fingerprint density at radius 3 is 1.22 bits per heavy atom. The van der Waals surface area contributed by atoms with Crippen LogP contribution in [0.25, 0.3) is 85.2 Å². The molecule has 6 N–H and O–H groups in total. The van der Waals surface area contributed by atoms with Gasteiger partial charge < -0.3 is 29.2 Å². The third kappa shape index (κ3) is 27.5. The summed E-state index contributed by atoms with van der Waals surface area (Å²) in [4.78, 5) is 125. The van der Waals surface area contributed by atoms with Crippen molar-refractivity contribution in [3.8, 4) is 68.4 Å². The zero-order chi connectivity index (χ0) is 104. The molecule has 0 aliphatic rings. The molecule has 0 saturated carbocycles. The van der Waals surface area contributed by atoms with Gasteiger partial charge in [0.05, 0.1) is 19.4 Å². The van der Waals surface area contributed by atoms with Crippen molar-refractivity contribution in [3.05, 3.63) is 331 Å². The van der Waals surface area contributed by atoms with Gasteiger partial charge in [0.2, 0.25) is 17.8 Å². The summed E-state index contributed by atoms with van der Waals surface area (Å²) in [5.41, 5.74) is 14.0. The van der Waals surface area contributed by atoms with Crippen LogP contribution in [0.2, 0.25) is 5.02 Å². The van der Waals surface area contributed by atoms with E-state index in [-0.39, 0.29) is 66.3 Å². The molecule has 11 aromatic heterocycles. The summed E-state index contributed by atoms with van der Waals surface area (Å²) in [6, 6.07) is 64.3. The predicted octanol–water partition coefficient (Wildman–Crippen LogP) is 19.3. The summed E-state index contributed by atoms with van der Waals surface area (Å²) in [5, 5.41) is 17.8. The van der Waals surface area contributed by atoms with E-state index in [0.717, 1.165) is 107 Å². The second-order valence-electron chi connectivity index (χ2n) is 41.7. The predicted molar refractivity (Wildman–Crippen MR) is 577 cm³/mol. The lowest BCUT2D eigenvalue weighted by atomic mass is 9.86. The molecular formula is C111H132ClN25O8. The Balaban J connectivity index is 0.000000144. The topological polar surface area (TPSA) is 387 Å². The largest absolute Gasteiger partial charge is 0.494 e. The smallest absolute Gasteiger partial charge is 0.268 e. The van der Waals surface area contributed by atoms with Gasteiger partial charge in [-0.3, -0.25) is 59.2 Å². The molecule has 11 heterocycles. The Kier molecular flexibility index (Phi) is 32.9. The van der Waals surface area contributed by atoms with E-state index in [2.05, 4.69) is 266 Å². The Hall–Kier alpha value is -15.5. The number of anilines is 3.